The zero-order valence-electron chi connectivity index (χ0n) is 9.36. The zero-order chi connectivity index (χ0) is 12.4. The molecular weight excluding hydrogens is 292 g/mol. The van der Waals surface area contributed by atoms with Crippen molar-refractivity contribution in [1.29, 1.82) is 0 Å². The van der Waals surface area contributed by atoms with E-state index in [1.807, 2.05) is 36.4 Å². The first-order chi connectivity index (χ1) is 8.86. The number of benzene rings is 2. The molecule has 1 heterocycles. The summed E-state index contributed by atoms with van der Waals surface area (Å²) in [5.74, 6) is 0. The van der Waals surface area contributed by atoms with E-state index in [0.717, 1.165) is 21.3 Å². The van der Waals surface area contributed by atoms with Crippen LogP contribution in [0, 0.1) is 0 Å². The molecule has 0 aliphatic carbocycles. The molecule has 3 rings (SSSR count). The lowest BCUT2D eigenvalue weighted by Crippen LogP contribution is -2.02. The van der Waals surface area contributed by atoms with E-state index in [0.29, 0.717) is 0 Å². The number of tetrazole rings is 1. The summed E-state index contributed by atoms with van der Waals surface area (Å²) in [5.41, 5.74) is 3.07. The van der Waals surface area contributed by atoms with E-state index in [1.165, 1.54) is 11.1 Å². The third-order valence-electron chi connectivity index (χ3n) is 2.62. The van der Waals surface area contributed by atoms with Gasteiger partial charge in [0.2, 0.25) is 0 Å². The Morgan fingerprint density at radius 3 is 2.50 bits per heavy atom. The number of para-hydroxylation sites is 1. The molecule has 1 aromatic heterocycles. The molecule has 0 N–H and O–H groups in total. The SMILES string of the molecule is Brc1cccc(-c2ccccc2)c1-n1ncnn1. The van der Waals surface area contributed by atoms with Crippen LogP contribution >= 0.6 is 15.9 Å². The first kappa shape index (κ1) is 11.1. The van der Waals surface area contributed by atoms with Crippen LogP contribution in [0.5, 0.6) is 0 Å². The van der Waals surface area contributed by atoms with Crippen molar-refractivity contribution in [3.8, 4) is 16.8 Å². The molecule has 0 saturated heterocycles. The van der Waals surface area contributed by atoms with Crippen LogP contribution in [0.1, 0.15) is 0 Å². The summed E-state index contributed by atoms with van der Waals surface area (Å²) in [5, 5.41) is 11.8. The lowest BCUT2D eigenvalue weighted by Gasteiger charge is -2.09. The van der Waals surface area contributed by atoms with Gasteiger partial charge < -0.3 is 0 Å². The first-order valence-electron chi connectivity index (χ1n) is 5.43. The van der Waals surface area contributed by atoms with Gasteiger partial charge in [0, 0.05) is 10.0 Å². The quantitative estimate of drug-likeness (QED) is 0.730. The topological polar surface area (TPSA) is 43.6 Å². The van der Waals surface area contributed by atoms with E-state index in [1.54, 1.807) is 0 Å². The lowest BCUT2D eigenvalue weighted by molar-refractivity contribution is 0.718. The molecular formula is C13H9BrN4. The highest BCUT2D eigenvalue weighted by atomic mass is 79.9. The van der Waals surface area contributed by atoms with Crippen LogP contribution in [0.2, 0.25) is 0 Å². The Balaban J connectivity index is 2.25. The predicted molar refractivity (Wildman–Crippen MR) is 72.3 cm³/mol. The molecule has 3 aromatic rings. The van der Waals surface area contributed by atoms with E-state index in [4.69, 9.17) is 0 Å². The number of rotatable bonds is 2. The monoisotopic (exact) mass is 300 g/mol. The molecule has 0 spiro atoms. The Morgan fingerprint density at radius 2 is 1.78 bits per heavy atom. The second-order valence-corrected chi connectivity index (χ2v) is 4.58. The highest BCUT2D eigenvalue weighted by molar-refractivity contribution is 9.10. The molecule has 88 valence electrons. The van der Waals surface area contributed by atoms with Gasteiger partial charge in [-0.05, 0) is 32.8 Å². The fourth-order valence-corrected chi connectivity index (χ4v) is 2.36. The van der Waals surface area contributed by atoms with Gasteiger partial charge in [-0.25, -0.2) is 0 Å². The van der Waals surface area contributed by atoms with Crippen molar-refractivity contribution in [2.75, 3.05) is 0 Å². The van der Waals surface area contributed by atoms with Crippen molar-refractivity contribution in [2.45, 2.75) is 0 Å². The molecule has 0 atom stereocenters. The fourth-order valence-electron chi connectivity index (χ4n) is 1.84. The van der Waals surface area contributed by atoms with E-state index in [2.05, 4.69) is 43.5 Å². The molecule has 0 fully saturated rings. The predicted octanol–water partition coefficient (Wildman–Crippen LogP) is 3.09. The van der Waals surface area contributed by atoms with Crippen molar-refractivity contribution >= 4 is 15.9 Å². The van der Waals surface area contributed by atoms with E-state index >= 15 is 0 Å². The van der Waals surface area contributed by atoms with Crippen molar-refractivity contribution < 1.29 is 0 Å². The Kier molecular flexibility index (Phi) is 2.90. The van der Waals surface area contributed by atoms with Crippen molar-refractivity contribution in [3.63, 3.8) is 0 Å². The maximum Gasteiger partial charge on any atom is 0.162 e. The van der Waals surface area contributed by atoms with Crippen LogP contribution in [0.3, 0.4) is 0 Å². The van der Waals surface area contributed by atoms with Gasteiger partial charge in [-0.3, -0.25) is 0 Å². The molecule has 0 amide bonds. The van der Waals surface area contributed by atoms with Crippen molar-refractivity contribution in [2.24, 2.45) is 0 Å². The van der Waals surface area contributed by atoms with E-state index in [-0.39, 0.29) is 0 Å². The number of hydrogen-bond donors (Lipinski definition) is 0. The van der Waals surface area contributed by atoms with E-state index < -0.39 is 0 Å². The maximum atomic E-state index is 4.10. The highest BCUT2D eigenvalue weighted by Crippen LogP contribution is 2.31. The maximum absolute atomic E-state index is 4.10. The largest absolute Gasteiger partial charge is 0.162 e. The van der Waals surface area contributed by atoms with Gasteiger partial charge in [-0.2, -0.15) is 0 Å². The van der Waals surface area contributed by atoms with Gasteiger partial charge in [0.05, 0.1) is 0 Å². The Labute approximate surface area is 112 Å². The molecule has 5 heteroatoms. The van der Waals surface area contributed by atoms with Gasteiger partial charge in [-0.1, -0.05) is 42.5 Å². The number of halogens is 1. The van der Waals surface area contributed by atoms with Crippen LogP contribution in [0.4, 0.5) is 0 Å². The summed E-state index contributed by atoms with van der Waals surface area (Å²) in [6.45, 7) is 0. The number of aromatic nitrogens is 4. The summed E-state index contributed by atoms with van der Waals surface area (Å²) in [4.78, 5) is 1.52. The van der Waals surface area contributed by atoms with Crippen molar-refractivity contribution in [1.82, 2.24) is 20.2 Å². The van der Waals surface area contributed by atoms with Crippen LogP contribution in [0.25, 0.3) is 16.8 Å². The van der Waals surface area contributed by atoms with Gasteiger partial charge in [0.1, 0.15) is 5.69 Å². The van der Waals surface area contributed by atoms with E-state index in [9.17, 15) is 0 Å². The Bertz CT molecular complexity index is 650. The van der Waals surface area contributed by atoms with Crippen LogP contribution in [0.15, 0.2) is 59.3 Å². The molecule has 18 heavy (non-hydrogen) atoms. The molecule has 0 saturated carbocycles. The molecule has 0 radical (unpaired) electrons. The minimum Gasteiger partial charge on any atom is -0.135 e. The molecule has 2 aromatic carbocycles. The number of nitrogens with zero attached hydrogens (tertiary/aromatic N) is 4. The van der Waals surface area contributed by atoms with Gasteiger partial charge in [0.15, 0.2) is 6.33 Å². The third kappa shape index (κ3) is 1.93. The van der Waals surface area contributed by atoms with Crippen LogP contribution in [-0.2, 0) is 0 Å². The minimum atomic E-state index is 0.890. The minimum absolute atomic E-state index is 0.890. The normalized spacial score (nSPS) is 10.5. The third-order valence-corrected chi connectivity index (χ3v) is 3.26. The zero-order valence-corrected chi connectivity index (χ0v) is 10.9. The summed E-state index contributed by atoms with van der Waals surface area (Å²) in [7, 11) is 0. The average molecular weight is 301 g/mol. The molecule has 0 bridgehead atoms. The summed E-state index contributed by atoms with van der Waals surface area (Å²) in [6.07, 6.45) is 1.42. The highest BCUT2D eigenvalue weighted by Gasteiger charge is 2.11. The van der Waals surface area contributed by atoms with Gasteiger partial charge >= 0.3 is 0 Å². The molecule has 4 nitrogen and oxygen atoms in total. The summed E-state index contributed by atoms with van der Waals surface area (Å²) < 4.78 is 0.932. The second-order valence-electron chi connectivity index (χ2n) is 3.73. The Hall–Kier alpha value is -2.01. The number of hydrogen-bond acceptors (Lipinski definition) is 3. The average Bonchev–Trinajstić information content (AvgIpc) is 2.93. The summed E-state index contributed by atoms with van der Waals surface area (Å²) in [6, 6.07) is 16.1. The first-order valence-corrected chi connectivity index (χ1v) is 6.23. The van der Waals surface area contributed by atoms with Crippen LogP contribution < -0.4 is 0 Å². The van der Waals surface area contributed by atoms with Gasteiger partial charge in [-0.15, -0.1) is 15.0 Å². The molecule has 0 unspecified atom stereocenters. The van der Waals surface area contributed by atoms with Crippen LogP contribution in [-0.4, -0.2) is 20.2 Å². The second kappa shape index (κ2) is 4.70. The smallest absolute Gasteiger partial charge is 0.135 e. The molecule has 0 aliphatic heterocycles. The Morgan fingerprint density at radius 1 is 0.944 bits per heavy atom. The summed E-state index contributed by atoms with van der Waals surface area (Å²) >= 11 is 3.54. The molecule has 0 aliphatic rings. The fraction of sp³-hybridized carbons (Fsp3) is 0. The van der Waals surface area contributed by atoms with Gasteiger partial charge in [0.25, 0.3) is 0 Å². The van der Waals surface area contributed by atoms with Crippen molar-refractivity contribution in [3.05, 3.63) is 59.3 Å². The standard InChI is InChI=1S/C13H9BrN4/c14-12-8-4-7-11(10-5-2-1-3-6-10)13(12)18-16-9-15-17-18/h1-9H. The lowest BCUT2D eigenvalue weighted by atomic mass is 10.0.